The average Bonchev–Trinajstić information content (AvgIpc) is 2.56. The third kappa shape index (κ3) is 2.09. The second-order valence-electron chi connectivity index (χ2n) is 3.38. The summed E-state index contributed by atoms with van der Waals surface area (Å²) in [6.45, 7) is 3.36. The molecule has 1 aliphatic rings. The smallest absolute Gasteiger partial charge is 0.121 e. The maximum atomic E-state index is 5.42. The van der Waals surface area contributed by atoms with Crippen LogP contribution < -0.4 is 5.32 Å². The average molecular weight is 197 g/mol. The van der Waals surface area contributed by atoms with Crippen LogP contribution in [0.1, 0.15) is 25.1 Å². The van der Waals surface area contributed by atoms with Crippen molar-refractivity contribution in [2.24, 2.45) is 0 Å². The SMILES string of the molecule is CC1SCCCNC1c1ccco1. The normalized spacial score (nSPS) is 29.9. The van der Waals surface area contributed by atoms with Crippen molar-refractivity contribution in [3.05, 3.63) is 24.2 Å². The van der Waals surface area contributed by atoms with Gasteiger partial charge in [0.2, 0.25) is 0 Å². The first-order valence-corrected chi connectivity index (χ1v) is 5.81. The molecule has 0 amide bonds. The van der Waals surface area contributed by atoms with Gasteiger partial charge in [0.1, 0.15) is 5.76 Å². The quantitative estimate of drug-likeness (QED) is 0.748. The number of rotatable bonds is 1. The van der Waals surface area contributed by atoms with E-state index in [1.807, 2.05) is 17.8 Å². The summed E-state index contributed by atoms with van der Waals surface area (Å²) < 4.78 is 5.42. The molecule has 0 spiro atoms. The predicted molar refractivity (Wildman–Crippen MR) is 56.0 cm³/mol. The third-order valence-corrected chi connectivity index (χ3v) is 3.71. The van der Waals surface area contributed by atoms with Gasteiger partial charge in [-0.05, 0) is 30.9 Å². The van der Waals surface area contributed by atoms with E-state index in [0.29, 0.717) is 11.3 Å². The van der Waals surface area contributed by atoms with Crippen LogP contribution in [0.25, 0.3) is 0 Å². The van der Waals surface area contributed by atoms with Crippen molar-refractivity contribution in [2.45, 2.75) is 24.6 Å². The molecule has 1 aromatic heterocycles. The van der Waals surface area contributed by atoms with Gasteiger partial charge < -0.3 is 9.73 Å². The number of furan rings is 1. The summed E-state index contributed by atoms with van der Waals surface area (Å²) in [6.07, 6.45) is 3.01. The van der Waals surface area contributed by atoms with Gasteiger partial charge in [-0.15, -0.1) is 0 Å². The van der Waals surface area contributed by atoms with Crippen LogP contribution >= 0.6 is 11.8 Å². The lowest BCUT2D eigenvalue weighted by atomic mass is 10.1. The fourth-order valence-corrected chi connectivity index (χ4v) is 2.77. The molecule has 2 heterocycles. The van der Waals surface area contributed by atoms with Crippen LogP contribution in [0.2, 0.25) is 0 Å². The van der Waals surface area contributed by atoms with E-state index in [2.05, 4.69) is 18.3 Å². The molecule has 3 heteroatoms. The number of hydrogen-bond donors (Lipinski definition) is 1. The molecule has 2 unspecified atom stereocenters. The first-order chi connectivity index (χ1) is 6.38. The standard InChI is InChI=1S/C10H15NOS/c1-8-10(9-4-2-6-12-9)11-5-3-7-13-8/h2,4,6,8,10-11H,3,5,7H2,1H3. The fraction of sp³-hybridized carbons (Fsp3) is 0.600. The van der Waals surface area contributed by atoms with Crippen molar-refractivity contribution < 1.29 is 4.42 Å². The van der Waals surface area contributed by atoms with E-state index in [4.69, 9.17) is 4.42 Å². The van der Waals surface area contributed by atoms with E-state index in [1.165, 1.54) is 12.2 Å². The summed E-state index contributed by atoms with van der Waals surface area (Å²) in [5.74, 6) is 2.33. The molecule has 13 heavy (non-hydrogen) atoms. The molecule has 2 rings (SSSR count). The zero-order valence-corrected chi connectivity index (χ0v) is 8.64. The molecule has 1 aliphatic heterocycles. The van der Waals surface area contributed by atoms with Gasteiger partial charge in [0.05, 0.1) is 12.3 Å². The Hall–Kier alpha value is -0.410. The minimum absolute atomic E-state index is 0.391. The molecular formula is C10H15NOS. The van der Waals surface area contributed by atoms with E-state index >= 15 is 0 Å². The molecular weight excluding hydrogens is 182 g/mol. The van der Waals surface area contributed by atoms with Crippen molar-refractivity contribution in [2.75, 3.05) is 12.3 Å². The molecule has 1 fully saturated rings. The largest absolute Gasteiger partial charge is 0.468 e. The molecule has 0 bridgehead atoms. The number of hydrogen-bond acceptors (Lipinski definition) is 3. The molecule has 2 nitrogen and oxygen atoms in total. The van der Waals surface area contributed by atoms with E-state index in [9.17, 15) is 0 Å². The highest BCUT2D eigenvalue weighted by Gasteiger charge is 2.23. The van der Waals surface area contributed by atoms with Crippen LogP contribution in [-0.2, 0) is 0 Å². The van der Waals surface area contributed by atoms with Crippen LogP contribution in [0, 0.1) is 0 Å². The summed E-state index contributed by atoms with van der Waals surface area (Å²) in [5.41, 5.74) is 0. The first kappa shape index (κ1) is 9.16. The Balaban J connectivity index is 2.11. The maximum absolute atomic E-state index is 5.42. The Labute approximate surface area is 83.1 Å². The summed E-state index contributed by atoms with van der Waals surface area (Å²) in [7, 11) is 0. The summed E-state index contributed by atoms with van der Waals surface area (Å²) in [4.78, 5) is 0. The Morgan fingerprint density at radius 3 is 3.31 bits per heavy atom. The zero-order chi connectivity index (χ0) is 9.10. The molecule has 1 saturated heterocycles. The topological polar surface area (TPSA) is 25.2 Å². The third-order valence-electron chi connectivity index (χ3n) is 2.39. The molecule has 0 aromatic carbocycles. The number of nitrogens with one attached hydrogen (secondary N) is 1. The monoisotopic (exact) mass is 197 g/mol. The van der Waals surface area contributed by atoms with Gasteiger partial charge in [-0.3, -0.25) is 0 Å². The minimum atomic E-state index is 0.391. The zero-order valence-electron chi connectivity index (χ0n) is 7.82. The minimum Gasteiger partial charge on any atom is -0.468 e. The highest BCUT2D eigenvalue weighted by atomic mass is 32.2. The van der Waals surface area contributed by atoms with Crippen LogP contribution in [0.15, 0.2) is 22.8 Å². The Bertz CT molecular complexity index is 247. The molecule has 2 atom stereocenters. The maximum Gasteiger partial charge on any atom is 0.121 e. The Kier molecular flexibility index (Phi) is 2.96. The summed E-state index contributed by atoms with van der Waals surface area (Å²) >= 11 is 2.02. The van der Waals surface area contributed by atoms with E-state index in [0.717, 1.165) is 12.3 Å². The van der Waals surface area contributed by atoms with Gasteiger partial charge in [0, 0.05) is 5.25 Å². The summed E-state index contributed by atoms with van der Waals surface area (Å²) in [6, 6.07) is 4.40. The van der Waals surface area contributed by atoms with Gasteiger partial charge in [-0.2, -0.15) is 11.8 Å². The predicted octanol–water partition coefficient (Wildman–Crippen LogP) is 2.44. The van der Waals surface area contributed by atoms with Gasteiger partial charge in [0.25, 0.3) is 0 Å². The fourth-order valence-electron chi connectivity index (χ4n) is 1.66. The second-order valence-corrected chi connectivity index (χ2v) is 4.86. The second kappa shape index (κ2) is 4.20. The Morgan fingerprint density at radius 1 is 1.62 bits per heavy atom. The Morgan fingerprint density at radius 2 is 2.54 bits per heavy atom. The van der Waals surface area contributed by atoms with Crippen molar-refractivity contribution in [1.82, 2.24) is 5.32 Å². The van der Waals surface area contributed by atoms with Gasteiger partial charge >= 0.3 is 0 Å². The molecule has 72 valence electrons. The van der Waals surface area contributed by atoms with Crippen LogP contribution in [0.3, 0.4) is 0 Å². The van der Waals surface area contributed by atoms with Gasteiger partial charge in [-0.25, -0.2) is 0 Å². The molecule has 0 saturated carbocycles. The van der Waals surface area contributed by atoms with Crippen LogP contribution in [0.5, 0.6) is 0 Å². The highest BCUT2D eigenvalue weighted by molar-refractivity contribution is 7.99. The summed E-state index contributed by atoms with van der Waals surface area (Å²) in [5, 5.41) is 4.12. The first-order valence-electron chi connectivity index (χ1n) is 4.76. The molecule has 0 aliphatic carbocycles. The lowest BCUT2D eigenvalue weighted by Gasteiger charge is -2.19. The van der Waals surface area contributed by atoms with Crippen LogP contribution in [-0.4, -0.2) is 17.5 Å². The molecule has 1 aromatic rings. The lowest BCUT2D eigenvalue weighted by molar-refractivity contribution is 0.415. The lowest BCUT2D eigenvalue weighted by Crippen LogP contribution is -2.26. The van der Waals surface area contributed by atoms with Crippen molar-refractivity contribution in [1.29, 1.82) is 0 Å². The van der Waals surface area contributed by atoms with Crippen molar-refractivity contribution in [3.8, 4) is 0 Å². The van der Waals surface area contributed by atoms with E-state index in [1.54, 1.807) is 6.26 Å². The highest BCUT2D eigenvalue weighted by Crippen LogP contribution is 2.29. The number of thioether (sulfide) groups is 1. The van der Waals surface area contributed by atoms with E-state index in [-0.39, 0.29) is 0 Å². The molecule has 0 radical (unpaired) electrons. The van der Waals surface area contributed by atoms with E-state index < -0.39 is 0 Å². The van der Waals surface area contributed by atoms with Crippen molar-refractivity contribution >= 4 is 11.8 Å². The van der Waals surface area contributed by atoms with Crippen molar-refractivity contribution in [3.63, 3.8) is 0 Å². The van der Waals surface area contributed by atoms with Gasteiger partial charge in [0.15, 0.2) is 0 Å². The molecule has 1 N–H and O–H groups in total. The van der Waals surface area contributed by atoms with Crippen LogP contribution in [0.4, 0.5) is 0 Å². The van der Waals surface area contributed by atoms with Gasteiger partial charge in [-0.1, -0.05) is 6.92 Å².